The number of ether oxygens (including phenoxy) is 2. The molecule has 2 heteroatoms. The molecule has 0 amide bonds. The van der Waals surface area contributed by atoms with E-state index in [9.17, 15) is 0 Å². The molecule has 102 valence electrons. The molecule has 0 radical (unpaired) electrons. The minimum atomic E-state index is 0.162. The van der Waals surface area contributed by atoms with Gasteiger partial charge in [-0.05, 0) is 25.7 Å². The average molecular weight is 250 g/mol. The van der Waals surface area contributed by atoms with Crippen LogP contribution in [0.2, 0.25) is 0 Å². The molecule has 18 heavy (non-hydrogen) atoms. The first-order chi connectivity index (χ1) is 8.87. The van der Waals surface area contributed by atoms with Crippen molar-refractivity contribution in [2.45, 2.75) is 100 Å². The summed E-state index contributed by atoms with van der Waals surface area (Å²) in [7, 11) is 0. The molecule has 2 aliphatic heterocycles. The van der Waals surface area contributed by atoms with E-state index in [2.05, 4.69) is 0 Å². The van der Waals surface area contributed by atoms with Gasteiger partial charge in [0.25, 0.3) is 0 Å². The van der Waals surface area contributed by atoms with Gasteiger partial charge in [0.1, 0.15) is 11.2 Å². The van der Waals surface area contributed by atoms with E-state index in [1.807, 2.05) is 0 Å². The van der Waals surface area contributed by atoms with Gasteiger partial charge in [0, 0.05) is 0 Å². The first kappa shape index (κ1) is 11.7. The van der Waals surface area contributed by atoms with Crippen LogP contribution < -0.4 is 0 Å². The van der Waals surface area contributed by atoms with Gasteiger partial charge in [0.15, 0.2) is 0 Å². The molecule has 4 atom stereocenters. The fourth-order valence-electron chi connectivity index (χ4n) is 4.77. The van der Waals surface area contributed by atoms with E-state index in [1.165, 1.54) is 77.0 Å². The number of rotatable bonds is 1. The number of hydrogen-bond donors (Lipinski definition) is 0. The highest BCUT2D eigenvalue weighted by Crippen LogP contribution is 2.65. The van der Waals surface area contributed by atoms with Crippen LogP contribution >= 0.6 is 0 Å². The van der Waals surface area contributed by atoms with E-state index >= 15 is 0 Å². The lowest BCUT2D eigenvalue weighted by Gasteiger charge is -2.25. The molecular weight excluding hydrogens is 224 g/mol. The Morgan fingerprint density at radius 3 is 1.50 bits per heavy atom. The second-order valence-corrected chi connectivity index (χ2v) is 6.90. The predicted molar refractivity (Wildman–Crippen MR) is 70.6 cm³/mol. The van der Waals surface area contributed by atoms with Gasteiger partial charge in [-0.2, -0.15) is 0 Å². The molecule has 4 unspecified atom stereocenters. The van der Waals surface area contributed by atoms with Gasteiger partial charge in [-0.3, -0.25) is 0 Å². The van der Waals surface area contributed by atoms with Crippen LogP contribution in [0.3, 0.4) is 0 Å². The monoisotopic (exact) mass is 250 g/mol. The average Bonchev–Trinajstić information content (AvgIpc) is 3.18. The van der Waals surface area contributed by atoms with Gasteiger partial charge in [-0.25, -0.2) is 0 Å². The minimum Gasteiger partial charge on any atom is -0.363 e. The first-order valence-corrected chi connectivity index (χ1v) is 8.23. The molecule has 0 aromatic carbocycles. The zero-order valence-electron chi connectivity index (χ0n) is 11.5. The molecule has 2 saturated heterocycles. The molecular formula is C16H26O2. The van der Waals surface area contributed by atoms with E-state index in [4.69, 9.17) is 9.47 Å². The molecule has 2 aliphatic carbocycles. The van der Waals surface area contributed by atoms with Gasteiger partial charge in [0.05, 0.1) is 12.2 Å². The largest absolute Gasteiger partial charge is 0.363 e. The zero-order valence-corrected chi connectivity index (χ0v) is 11.5. The molecule has 0 aromatic rings. The zero-order chi connectivity index (χ0) is 12.1. The van der Waals surface area contributed by atoms with Crippen LogP contribution in [0.4, 0.5) is 0 Å². The van der Waals surface area contributed by atoms with Crippen LogP contribution in [0.5, 0.6) is 0 Å². The van der Waals surface area contributed by atoms with Crippen LogP contribution in [0, 0.1) is 0 Å². The molecule has 0 N–H and O–H groups in total. The highest BCUT2D eigenvalue weighted by Gasteiger charge is 2.78. The smallest absolute Gasteiger partial charge is 0.126 e. The second-order valence-electron chi connectivity index (χ2n) is 6.90. The van der Waals surface area contributed by atoms with Crippen LogP contribution in [0.1, 0.15) is 77.0 Å². The first-order valence-electron chi connectivity index (χ1n) is 8.23. The van der Waals surface area contributed by atoms with Crippen molar-refractivity contribution in [1.82, 2.24) is 0 Å². The Bertz CT molecular complexity index is 297. The van der Waals surface area contributed by atoms with E-state index in [0.717, 1.165) is 0 Å². The number of epoxide rings is 2. The van der Waals surface area contributed by atoms with Crippen molar-refractivity contribution in [3.05, 3.63) is 0 Å². The predicted octanol–water partition coefficient (Wildman–Crippen LogP) is 3.97. The summed E-state index contributed by atoms with van der Waals surface area (Å²) in [5.41, 5.74) is 0.324. The van der Waals surface area contributed by atoms with Gasteiger partial charge in [-0.1, -0.05) is 51.4 Å². The fourth-order valence-corrected chi connectivity index (χ4v) is 4.77. The van der Waals surface area contributed by atoms with Crippen LogP contribution in [-0.2, 0) is 9.47 Å². The lowest BCUT2D eigenvalue weighted by atomic mass is 9.75. The maximum atomic E-state index is 6.28. The van der Waals surface area contributed by atoms with E-state index in [1.54, 1.807) is 0 Å². The summed E-state index contributed by atoms with van der Waals surface area (Å²) in [6, 6.07) is 0. The Kier molecular flexibility index (Phi) is 2.74. The van der Waals surface area contributed by atoms with E-state index in [0.29, 0.717) is 12.2 Å². The van der Waals surface area contributed by atoms with E-state index in [-0.39, 0.29) is 11.2 Å². The molecule has 0 aromatic heterocycles. The summed E-state index contributed by atoms with van der Waals surface area (Å²) in [6.45, 7) is 0. The van der Waals surface area contributed by atoms with Crippen LogP contribution in [0.25, 0.3) is 0 Å². The van der Waals surface area contributed by atoms with Crippen LogP contribution in [0.15, 0.2) is 0 Å². The topological polar surface area (TPSA) is 25.1 Å². The summed E-state index contributed by atoms with van der Waals surface area (Å²) >= 11 is 0. The quantitative estimate of drug-likeness (QED) is 0.658. The third kappa shape index (κ3) is 1.61. The molecule has 0 bridgehead atoms. The van der Waals surface area contributed by atoms with Gasteiger partial charge in [0.2, 0.25) is 0 Å². The minimum absolute atomic E-state index is 0.162. The summed E-state index contributed by atoms with van der Waals surface area (Å²) in [6.07, 6.45) is 17.3. The maximum absolute atomic E-state index is 6.28. The molecule has 4 aliphatic rings. The normalized spacial score (nSPS) is 52.0. The van der Waals surface area contributed by atoms with Gasteiger partial charge >= 0.3 is 0 Å². The summed E-state index contributed by atoms with van der Waals surface area (Å²) in [5.74, 6) is 0. The highest BCUT2D eigenvalue weighted by molar-refractivity contribution is 5.25. The van der Waals surface area contributed by atoms with Crippen molar-refractivity contribution >= 4 is 0 Å². The van der Waals surface area contributed by atoms with Crippen molar-refractivity contribution in [3.8, 4) is 0 Å². The van der Waals surface area contributed by atoms with Gasteiger partial charge in [-0.15, -0.1) is 0 Å². The Hall–Kier alpha value is -0.0800. The van der Waals surface area contributed by atoms with Gasteiger partial charge < -0.3 is 9.47 Å². The van der Waals surface area contributed by atoms with Crippen molar-refractivity contribution in [2.24, 2.45) is 0 Å². The molecule has 4 fully saturated rings. The number of fused-ring (bicyclic) bond motifs is 3. The van der Waals surface area contributed by atoms with Crippen molar-refractivity contribution in [3.63, 3.8) is 0 Å². The standard InChI is InChI=1S/C16H26O2/c1-3-7-11-15(13(17-15)9-5-1)16-12-8-4-2-6-10-14(16)18-16/h13-14H,1-12H2. The SMILES string of the molecule is C1CCCC2(C34CCCCCCC3O4)OC2CC1. The molecule has 0 spiro atoms. The van der Waals surface area contributed by atoms with Crippen molar-refractivity contribution in [1.29, 1.82) is 0 Å². The summed E-state index contributed by atoms with van der Waals surface area (Å²) in [5, 5.41) is 0. The van der Waals surface area contributed by atoms with Crippen molar-refractivity contribution < 1.29 is 9.47 Å². The Morgan fingerprint density at radius 2 is 1.00 bits per heavy atom. The second kappa shape index (κ2) is 4.21. The van der Waals surface area contributed by atoms with E-state index < -0.39 is 0 Å². The maximum Gasteiger partial charge on any atom is 0.126 e. The lowest BCUT2D eigenvalue weighted by molar-refractivity contribution is 0.133. The van der Waals surface area contributed by atoms with Crippen LogP contribution in [-0.4, -0.2) is 23.4 Å². The van der Waals surface area contributed by atoms with Crippen molar-refractivity contribution in [2.75, 3.05) is 0 Å². The molecule has 2 saturated carbocycles. The lowest BCUT2D eigenvalue weighted by Crippen LogP contribution is -2.39. The third-order valence-corrected chi connectivity index (χ3v) is 5.88. The Balaban J connectivity index is 1.54. The Labute approximate surface area is 110 Å². The molecule has 4 rings (SSSR count). The molecule has 2 heterocycles. The Morgan fingerprint density at radius 1 is 0.556 bits per heavy atom. The molecule has 2 nitrogen and oxygen atoms in total. The third-order valence-electron chi connectivity index (χ3n) is 5.88. The summed E-state index contributed by atoms with van der Waals surface area (Å²) in [4.78, 5) is 0. The number of hydrogen-bond acceptors (Lipinski definition) is 2. The fraction of sp³-hybridized carbons (Fsp3) is 1.00. The highest BCUT2D eigenvalue weighted by atomic mass is 16.7. The summed E-state index contributed by atoms with van der Waals surface area (Å²) < 4.78 is 12.6.